The number of piperidine rings is 1. The number of esters is 1. The highest BCUT2D eigenvalue weighted by atomic mass is 16.5. The van der Waals surface area contributed by atoms with Crippen LogP contribution < -0.4 is 5.32 Å². The third-order valence-electron chi connectivity index (χ3n) is 5.58. The number of ether oxygens (including phenoxy) is 1. The summed E-state index contributed by atoms with van der Waals surface area (Å²) in [6.45, 7) is 2.43. The Morgan fingerprint density at radius 1 is 1.19 bits per heavy atom. The van der Waals surface area contributed by atoms with Crippen LogP contribution >= 0.6 is 0 Å². The van der Waals surface area contributed by atoms with Crippen molar-refractivity contribution in [2.24, 2.45) is 5.92 Å². The van der Waals surface area contributed by atoms with Crippen LogP contribution in [0.1, 0.15) is 37.3 Å². The van der Waals surface area contributed by atoms with E-state index in [9.17, 15) is 14.4 Å². The lowest BCUT2D eigenvalue weighted by atomic mass is 9.91. The number of amides is 2. The number of carbonyl (C=O) groups is 3. The van der Waals surface area contributed by atoms with E-state index < -0.39 is 12.0 Å². The Labute approximate surface area is 188 Å². The van der Waals surface area contributed by atoms with E-state index in [4.69, 9.17) is 4.74 Å². The molecule has 3 heterocycles. The molecule has 2 amide bonds. The number of carbonyl (C=O) groups excluding carboxylic acids is 3. The molecule has 2 atom stereocenters. The molecule has 0 spiro atoms. The molecule has 1 unspecified atom stereocenters. The van der Waals surface area contributed by atoms with Gasteiger partial charge in [-0.15, -0.1) is 0 Å². The Morgan fingerprint density at radius 3 is 2.72 bits per heavy atom. The molecule has 1 aliphatic rings. The number of aromatic nitrogens is 2. The van der Waals surface area contributed by atoms with Gasteiger partial charge in [0, 0.05) is 43.7 Å². The van der Waals surface area contributed by atoms with E-state index in [1.165, 1.54) is 0 Å². The first kappa shape index (κ1) is 23.4. The standard InChI is InChI=1S/C24H30N4O4/c1-2-32-24(31)21(15-19-5-3-11-26-16-19)27-22(29)17-28-14-4-6-20(23(28)30)8-7-18-9-12-25-13-10-18/h3,5,9-13,16,20-21H,2,4,6-8,14-15,17H2,1H3,(H,27,29)/t20?,21-/m0/s1. The summed E-state index contributed by atoms with van der Waals surface area (Å²) in [6.07, 6.45) is 10.3. The largest absolute Gasteiger partial charge is 0.464 e. The molecule has 2 aromatic heterocycles. The van der Waals surface area contributed by atoms with Crippen molar-refractivity contribution in [2.75, 3.05) is 19.7 Å². The number of hydrogen-bond acceptors (Lipinski definition) is 6. The zero-order valence-electron chi connectivity index (χ0n) is 18.4. The van der Waals surface area contributed by atoms with E-state index in [1.54, 1.807) is 42.7 Å². The summed E-state index contributed by atoms with van der Waals surface area (Å²) in [5, 5.41) is 2.75. The highest BCUT2D eigenvalue weighted by Gasteiger charge is 2.31. The maximum absolute atomic E-state index is 12.9. The molecule has 1 saturated heterocycles. The summed E-state index contributed by atoms with van der Waals surface area (Å²) in [6, 6.07) is 6.70. The minimum absolute atomic E-state index is 0.000371. The van der Waals surface area contributed by atoms with Gasteiger partial charge in [0.2, 0.25) is 11.8 Å². The van der Waals surface area contributed by atoms with Crippen molar-refractivity contribution in [3.8, 4) is 0 Å². The van der Waals surface area contributed by atoms with Crippen LogP contribution in [0.5, 0.6) is 0 Å². The Bertz CT molecular complexity index is 891. The Kier molecular flexibility index (Phi) is 8.71. The minimum atomic E-state index is -0.825. The number of nitrogens with zero attached hydrogens (tertiary/aromatic N) is 3. The summed E-state index contributed by atoms with van der Waals surface area (Å²) in [5.41, 5.74) is 1.96. The first-order valence-electron chi connectivity index (χ1n) is 11.1. The molecule has 8 heteroatoms. The lowest BCUT2D eigenvalue weighted by Crippen LogP contribution is -2.50. The molecule has 2 aromatic rings. The maximum Gasteiger partial charge on any atom is 0.328 e. The van der Waals surface area contributed by atoms with Crippen molar-refractivity contribution in [3.63, 3.8) is 0 Å². The quantitative estimate of drug-likeness (QED) is 0.569. The summed E-state index contributed by atoms with van der Waals surface area (Å²) in [4.78, 5) is 47.7. The number of likely N-dealkylation sites (tertiary alicyclic amines) is 1. The van der Waals surface area contributed by atoms with E-state index in [0.717, 1.165) is 36.8 Å². The number of aryl methyl sites for hydroxylation is 1. The number of hydrogen-bond donors (Lipinski definition) is 1. The Balaban J connectivity index is 1.56. The zero-order chi connectivity index (χ0) is 22.8. The van der Waals surface area contributed by atoms with Gasteiger partial charge >= 0.3 is 5.97 Å². The van der Waals surface area contributed by atoms with Crippen LogP contribution in [0.15, 0.2) is 49.1 Å². The molecule has 0 aromatic carbocycles. The maximum atomic E-state index is 12.9. The SMILES string of the molecule is CCOC(=O)[C@H](Cc1cccnc1)NC(=O)CN1CCCC(CCc2ccncc2)C1=O. The van der Waals surface area contributed by atoms with Crippen LogP contribution in [-0.4, -0.2) is 58.4 Å². The molecule has 8 nitrogen and oxygen atoms in total. The van der Waals surface area contributed by atoms with Gasteiger partial charge in [0.15, 0.2) is 0 Å². The van der Waals surface area contributed by atoms with Gasteiger partial charge in [-0.3, -0.25) is 19.6 Å². The Hall–Kier alpha value is -3.29. The average molecular weight is 439 g/mol. The molecule has 0 aliphatic carbocycles. The zero-order valence-corrected chi connectivity index (χ0v) is 18.4. The molecule has 0 radical (unpaired) electrons. The molecule has 0 saturated carbocycles. The number of pyridine rings is 2. The van der Waals surface area contributed by atoms with E-state index >= 15 is 0 Å². The molecule has 1 fully saturated rings. The molecule has 170 valence electrons. The van der Waals surface area contributed by atoms with Gasteiger partial charge in [-0.1, -0.05) is 6.07 Å². The fourth-order valence-electron chi connectivity index (χ4n) is 3.94. The van der Waals surface area contributed by atoms with Gasteiger partial charge in [0.25, 0.3) is 0 Å². The summed E-state index contributed by atoms with van der Waals surface area (Å²) in [5.74, 6) is -0.957. The van der Waals surface area contributed by atoms with Crippen LogP contribution in [-0.2, 0) is 32.0 Å². The molecular weight excluding hydrogens is 408 g/mol. The molecule has 32 heavy (non-hydrogen) atoms. The van der Waals surface area contributed by atoms with Crippen molar-refractivity contribution in [1.29, 1.82) is 0 Å². The molecule has 3 rings (SSSR count). The predicted octanol–water partition coefficient (Wildman–Crippen LogP) is 1.94. The van der Waals surface area contributed by atoms with Crippen LogP contribution in [0.4, 0.5) is 0 Å². The first-order chi connectivity index (χ1) is 15.6. The number of rotatable bonds is 10. The summed E-state index contributed by atoms with van der Waals surface area (Å²) >= 11 is 0. The highest BCUT2D eigenvalue weighted by Crippen LogP contribution is 2.22. The Morgan fingerprint density at radius 2 is 2.00 bits per heavy atom. The first-order valence-corrected chi connectivity index (χ1v) is 11.1. The van der Waals surface area contributed by atoms with Crippen LogP contribution in [0.3, 0.4) is 0 Å². The smallest absolute Gasteiger partial charge is 0.328 e. The lowest BCUT2D eigenvalue weighted by molar-refractivity contribution is -0.148. The van der Waals surface area contributed by atoms with Gasteiger partial charge in [-0.05, 0) is 61.9 Å². The third kappa shape index (κ3) is 6.87. The van der Waals surface area contributed by atoms with E-state index in [1.807, 2.05) is 18.2 Å². The van der Waals surface area contributed by atoms with E-state index in [-0.39, 0.29) is 37.3 Å². The van der Waals surface area contributed by atoms with Gasteiger partial charge in [0.1, 0.15) is 6.04 Å². The molecular formula is C24H30N4O4. The van der Waals surface area contributed by atoms with Crippen molar-refractivity contribution < 1.29 is 19.1 Å². The predicted molar refractivity (Wildman–Crippen MR) is 118 cm³/mol. The monoisotopic (exact) mass is 438 g/mol. The summed E-state index contributed by atoms with van der Waals surface area (Å²) in [7, 11) is 0. The van der Waals surface area contributed by atoms with E-state index in [2.05, 4.69) is 15.3 Å². The van der Waals surface area contributed by atoms with Gasteiger partial charge in [0.05, 0.1) is 13.2 Å². The van der Waals surface area contributed by atoms with Crippen molar-refractivity contribution in [3.05, 3.63) is 60.2 Å². The lowest BCUT2D eigenvalue weighted by Gasteiger charge is -2.32. The average Bonchev–Trinajstić information content (AvgIpc) is 2.81. The fourth-order valence-corrected chi connectivity index (χ4v) is 3.94. The second-order valence-electron chi connectivity index (χ2n) is 7.93. The van der Waals surface area contributed by atoms with Gasteiger partial charge < -0.3 is 15.0 Å². The van der Waals surface area contributed by atoms with Gasteiger partial charge in [-0.2, -0.15) is 0 Å². The highest BCUT2D eigenvalue weighted by molar-refractivity contribution is 5.89. The van der Waals surface area contributed by atoms with Gasteiger partial charge in [-0.25, -0.2) is 4.79 Å². The minimum Gasteiger partial charge on any atom is -0.464 e. The van der Waals surface area contributed by atoms with Crippen molar-refractivity contribution in [2.45, 2.75) is 45.1 Å². The van der Waals surface area contributed by atoms with Crippen LogP contribution in [0.2, 0.25) is 0 Å². The third-order valence-corrected chi connectivity index (χ3v) is 5.58. The van der Waals surface area contributed by atoms with Crippen LogP contribution in [0.25, 0.3) is 0 Å². The molecule has 1 aliphatic heterocycles. The van der Waals surface area contributed by atoms with Crippen LogP contribution in [0, 0.1) is 5.92 Å². The van der Waals surface area contributed by atoms with Crippen molar-refractivity contribution >= 4 is 17.8 Å². The van der Waals surface area contributed by atoms with E-state index in [0.29, 0.717) is 6.54 Å². The molecule has 1 N–H and O–H groups in total. The second kappa shape index (κ2) is 11.9. The fraction of sp³-hybridized carbons (Fsp3) is 0.458. The molecule has 0 bridgehead atoms. The topological polar surface area (TPSA) is 101 Å². The number of nitrogens with one attached hydrogen (secondary N) is 1. The normalized spacial score (nSPS) is 17.0. The summed E-state index contributed by atoms with van der Waals surface area (Å²) < 4.78 is 5.12. The van der Waals surface area contributed by atoms with Crippen molar-refractivity contribution in [1.82, 2.24) is 20.2 Å². The second-order valence-corrected chi connectivity index (χ2v) is 7.93.